The number of nitrogen functional groups attached to an aromatic ring is 1. The van der Waals surface area contributed by atoms with Gasteiger partial charge in [0.05, 0.1) is 5.02 Å². The van der Waals surface area contributed by atoms with Crippen molar-refractivity contribution in [2.75, 3.05) is 5.73 Å². The molecule has 2 rings (SSSR count). The van der Waals surface area contributed by atoms with Gasteiger partial charge in [0, 0.05) is 12.6 Å². The average Bonchev–Trinajstić information content (AvgIpc) is 2.29. The van der Waals surface area contributed by atoms with Crippen LogP contribution in [0.2, 0.25) is 5.02 Å². The van der Waals surface area contributed by atoms with E-state index < -0.39 is 0 Å². The van der Waals surface area contributed by atoms with Gasteiger partial charge < -0.3 is 10.2 Å². The number of benzene rings is 1. The summed E-state index contributed by atoms with van der Waals surface area (Å²) in [7, 11) is 0. The second kappa shape index (κ2) is 2.38. The van der Waals surface area contributed by atoms with Crippen molar-refractivity contribution < 1.29 is 4.42 Å². The van der Waals surface area contributed by atoms with Crippen LogP contribution in [0.1, 0.15) is 5.89 Å². The summed E-state index contributed by atoms with van der Waals surface area (Å²) in [6.45, 7) is 1.77. The Balaban J connectivity index is 2.88. The number of oxazole rings is 1. The molecule has 0 aliphatic rings. The molecule has 0 spiro atoms. The molecule has 12 heavy (non-hydrogen) atoms. The number of anilines is 1. The summed E-state index contributed by atoms with van der Waals surface area (Å²) in [5, 5.41) is 0.505. The van der Waals surface area contributed by atoms with Crippen LogP contribution >= 0.6 is 11.6 Å². The minimum Gasteiger partial charge on any atom is -0.439 e. The molecular formula is C8H7ClN2O. The number of fused-ring (bicyclic) bond motifs is 1. The third-order valence-electron chi connectivity index (χ3n) is 1.57. The second-order valence-electron chi connectivity index (χ2n) is 2.58. The van der Waals surface area contributed by atoms with Crippen LogP contribution in [0.4, 0.5) is 5.69 Å². The number of aryl methyl sites for hydroxylation is 1. The van der Waals surface area contributed by atoms with E-state index >= 15 is 0 Å². The molecule has 2 N–H and O–H groups in total. The van der Waals surface area contributed by atoms with Gasteiger partial charge in [0.1, 0.15) is 5.52 Å². The summed E-state index contributed by atoms with van der Waals surface area (Å²) in [4.78, 5) is 4.10. The first-order valence-corrected chi connectivity index (χ1v) is 3.87. The molecule has 0 bridgehead atoms. The first kappa shape index (κ1) is 7.43. The van der Waals surface area contributed by atoms with Crippen molar-refractivity contribution in [3.8, 4) is 0 Å². The molecule has 3 nitrogen and oxygen atoms in total. The van der Waals surface area contributed by atoms with E-state index in [4.69, 9.17) is 21.8 Å². The highest BCUT2D eigenvalue weighted by molar-refractivity contribution is 6.35. The Morgan fingerprint density at radius 1 is 1.50 bits per heavy atom. The zero-order valence-electron chi connectivity index (χ0n) is 6.47. The quantitative estimate of drug-likeness (QED) is 0.637. The molecule has 0 saturated heterocycles. The highest BCUT2D eigenvalue weighted by Crippen LogP contribution is 2.26. The van der Waals surface area contributed by atoms with Gasteiger partial charge in [-0.3, -0.25) is 0 Å². The van der Waals surface area contributed by atoms with E-state index in [1.807, 2.05) is 0 Å². The number of hydrogen-bond donors (Lipinski definition) is 1. The molecule has 2 aromatic rings. The van der Waals surface area contributed by atoms with Crippen LogP contribution in [0.15, 0.2) is 16.5 Å². The maximum Gasteiger partial charge on any atom is 0.192 e. The minimum atomic E-state index is 0.505. The van der Waals surface area contributed by atoms with Crippen molar-refractivity contribution in [1.82, 2.24) is 4.98 Å². The Labute approximate surface area is 74.1 Å². The summed E-state index contributed by atoms with van der Waals surface area (Å²) < 4.78 is 5.26. The standard InChI is InChI=1S/C8H7ClN2O/c1-4-11-7-3-5(10)2-6(9)8(7)12-4/h2-3H,10H2,1H3. The van der Waals surface area contributed by atoms with E-state index in [-0.39, 0.29) is 0 Å². The number of nitrogens with zero attached hydrogens (tertiary/aromatic N) is 1. The lowest BCUT2D eigenvalue weighted by Crippen LogP contribution is -1.83. The number of rotatable bonds is 0. The normalized spacial score (nSPS) is 10.8. The fraction of sp³-hybridized carbons (Fsp3) is 0.125. The number of halogens is 1. The first-order valence-electron chi connectivity index (χ1n) is 3.49. The predicted molar refractivity (Wildman–Crippen MR) is 48.2 cm³/mol. The predicted octanol–water partition coefficient (Wildman–Crippen LogP) is 2.37. The van der Waals surface area contributed by atoms with Gasteiger partial charge in [-0.05, 0) is 12.1 Å². The molecule has 1 aromatic heterocycles. The van der Waals surface area contributed by atoms with Crippen LogP contribution < -0.4 is 5.73 Å². The average molecular weight is 183 g/mol. The summed E-state index contributed by atoms with van der Waals surface area (Å²) in [6.07, 6.45) is 0. The van der Waals surface area contributed by atoms with Crippen molar-refractivity contribution in [1.29, 1.82) is 0 Å². The summed E-state index contributed by atoms with van der Waals surface area (Å²) >= 11 is 5.86. The SMILES string of the molecule is Cc1nc2cc(N)cc(Cl)c2o1. The topological polar surface area (TPSA) is 52.0 Å². The molecule has 0 aliphatic heterocycles. The molecule has 0 unspecified atom stereocenters. The maximum atomic E-state index is 5.86. The van der Waals surface area contributed by atoms with Crippen molar-refractivity contribution in [2.45, 2.75) is 6.92 Å². The number of nitrogens with two attached hydrogens (primary N) is 1. The van der Waals surface area contributed by atoms with Gasteiger partial charge in [0.25, 0.3) is 0 Å². The Bertz CT molecular complexity index is 436. The Morgan fingerprint density at radius 3 is 3.00 bits per heavy atom. The third-order valence-corrected chi connectivity index (χ3v) is 1.85. The molecular weight excluding hydrogens is 176 g/mol. The van der Waals surface area contributed by atoms with Crippen molar-refractivity contribution >= 4 is 28.4 Å². The second-order valence-corrected chi connectivity index (χ2v) is 2.99. The van der Waals surface area contributed by atoms with Gasteiger partial charge in [-0.15, -0.1) is 0 Å². The molecule has 0 radical (unpaired) electrons. The zero-order valence-corrected chi connectivity index (χ0v) is 7.22. The van der Waals surface area contributed by atoms with Crippen LogP contribution in [-0.4, -0.2) is 4.98 Å². The van der Waals surface area contributed by atoms with Gasteiger partial charge in [0.2, 0.25) is 0 Å². The third kappa shape index (κ3) is 1.02. The van der Waals surface area contributed by atoms with Crippen molar-refractivity contribution in [2.24, 2.45) is 0 Å². The van der Waals surface area contributed by atoms with Gasteiger partial charge in [-0.1, -0.05) is 11.6 Å². The van der Waals surface area contributed by atoms with E-state index in [1.54, 1.807) is 19.1 Å². The van der Waals surface area contributed by atoms with E-state index in [0.29, 0.717) is 27.7 Å². The van der Waals surface area contributed by atoms with Crippen LogP contribution in [0.5, 0.6) is 0 Å². The summed E-state index contributed by atoms with van der Waals surface area (Å²) in [5.41, 5.74) is 7.47. The molecule has 4 heteroatoms. The first-order chi connectivity index (χ1) is 5.66. The molecule has 1 aromatic carbocycles. The van der Waals surface area contributed by atoms with Crippen LogP contribution in [0.3, 0.4) is 0 Å². The van der Waals surface area contributed by atoms with Crippen LogP contribution in [-0.2, 0) is 0 Å². The molecule has 0 aliphatic carbocycles. The van der Waals surface area contributed by atoms with E-state index in [1.165, 1.54) is 0 Å². The lowest BCUT2D eigenvalue weighted by Gasteiger charge is -1.93. The lowest BCUT2D eigenvalue weighted by atomic mass is 10.3. The van der Waals surface area contributed by atoms with Crippen molar-refractivity contribution in [3.05, 3.63) is 23.0 Å². The Hall–Kier alpha value is -1.22. The van der Waals surface area contributed by atoms with Gasteiger partial charge in [-0.25, -0.2) is 4.98 Å². The largest absolute Gasteiger partial charge is 0.439 e. The molecule has 0 amide bonds. The summed E-state index contributed by atoms with van der Waals surface area (Å²) in [6, 6.07) is 3.38. The Morgan fingerprint density at radius 2 is 2.25 bits per heavy atom. The smallest absolute Gasteiger partial charge is 0.192 e. The summed E-state index contributed by atoms with van der Waals surface area (Å²) in [5.74, 6) is 0.595. The van der Waals surface area contributed by atoms with E-state index in [9.17, 15) is 0 Å². The zero-order chi connectivity index (χ0) is 8.72. The molecule has 0 fully saturated rings. The number of hydrogen-bond acceptors (Lipinski definition) is 3. The molecule has 0 atom stereocenters. The van der Waals surface area contributed by atoms with Crippen LogP contribution in [0.25, 0.3) is 11.1 Å². The minimum absolute atomic E-state index is 0.505. The van der Waals surface area contributed by atoms with Crippen LogP contribution in [0, 0.1) is 6.92 Å². The Kier molecular flexibility index (Phi) is 1.48. The number of aromatic nitrogens is 1. The molecule has 1 heterocycles. The van der Waals surface area contributed by atoms with Crippen molar-refractivity contribution in [3.63, 3.8) is 0 Å². The monoisotopic (exact) mass is 182 g/mol. The van der Waals surface area contributed by atoms with Gasteiger partial charge in [0.15, 0.2) is 11.5 Å². The lowest BCUT2D eigenvalue weighted by molar-refractivity contribution is 0.561. The highest BCUT2D eigenvalue weighted by atomic mass is 35.5. The molecule has 0 saturated carbocycles. The molecule has 62 valence electrons. The fourth-order valence-electron chi connectivity index (χ4n) is 1.12. The fourth-order valence-corrected chi connectivity index (χ4v) is 1.38. The van der Waals surface area contributed by atoms with Gasteiger partial charge in [-0.2, -0.15) is 0 Å². The highest BCUT2D eigenvalue weighted by Gasteiger charge is 2.06. The van der Waals surface area contributed by atoms with Gasteiger partial charge >= 0.3 is 0 Å². The maximum absolute atomic E-state index is 5.86. The van der Waals surface area contributed by atoms with E-state index in [0.717, 1.165) is 0 Å². The van der Waals surface area contributed by atoms with E-state index in [2.05, 4.69) is 4.98 Å².